The van der Waals surface area contributed by atoms with E-state index >= 15 is 0 Å². The molecule has 0 saturated carbocycles. The number of anilines is 7. The SMILES string of the molecule is CCNc1nc(Cl)nc(NC(C)C)n1.CCNc1nc(Cl)nc(NC(C)C)n1.COC(=O)NS(=O)(=O)c1ccc(N)cc1.COC(=O)NS(=O)(=O)c1ccc(N)cc1.N.NS(=O)(=O)OCC#CCCl.O=C(Nc1cccc(Cl)c1)OCC#CCCl. The fourth-order valence-electron chi connectivity index (χ4n) is 4.66. The number of aromatic nitrogens is 6. The fourth-order valence-corrected chi connectivity index (χ4v) is 7.42. The number of carbonyl (C=O) groups excluding carboxylic acids is 3. The molecule has 5 rings (SSSR count). The molecule has 0 saturated heterocycles. The van der Waals surface area contributed by atoms with Crippen LogP contribution in [0.15, 0.2) is 82.6 Å². The molecule has 0 aliphatic heterocycles. The first-order valence-electron chi connectivity index (χ1n) is 23.6. The predicted octanol–water partition coefficient (Wildman–Crippen LogP) is 6.92. The summed E-state index contributed by atoms with van der Waals surface area (Å²) >= 11 is 27.7. The molecule has 2 aromatic heterocycles. The van der Waals surface area contributed by atoms with Crippen molar-refractivity contribution in [3.05, 3.63) is 88.4 Å². The molecule has 0 fully saturated rings. The first-order valence-corrected chi connectivity index (χ1v) is 30.2. The number of nitrogens with two attached hydrogens (primary N) is 3. The molecule has 0 aliphatic carbocycles. The molecule has 3 aromatic carbocycles. The van der Waals surface area contributed by atoms with Crippen molar-refractivity contribution in [2.75, 3.05) is 90.3 Å². The number of ether oxygens (including phenoxy) is 3. The third kappa shape index (κ3) is 39.7. The zero-order valence-electron chi connectivity index (χ0n) is 46.9. The molecular formula is C47H66Cl5N17O13S3. The maximum absolute atomic E-state index is 11.5. The van der Waals surface area contributed by atoms with Gasteiger partial charge in [0.15, 0.2) is 6.61 Å². The van der Waals surface area contributed by atoms with Crippen molar-refractivity contribution in [3.8, 4) is 23.7 Å². The van der Waals surface area contributed by atoms with Gasteiger partial charge in [-0.3, -0.25) is 5.32 Å². The highest BCUT2D eigenvalue weighted by Crippen LogP contribution is 2.16. The summed E-state index contributed by atoms with van der Waals surface area (Å²) in [6.07, 6.45) is -2.65. The van der Waals surface area contributed by atoms with Gasteiger partial charge < -0.3 is 53.1 Å². The lowest BCUT2D eigenvalue weighted by molar-refractivity contribution is 0.175. The second-order valence-electron chi connectivity index (χ2n) is 15.4. The summed E-state index contributed by atoms with van der Waals surface area (Å²) in [6.45, 7) is 13.2. The Morgan fingerprint density at radius 3 is 1.31 bits per heavy atom. The number of hydrogen-bond acceptors (Lipinski definition) is 26. The lowest BCUT2D eigenvalue weighted by atomic mass is 10.3. The second kappa shape index (κ2) is 43.3. The van der Waals surface area contributed by atoms with E-state index in [9.17, 15) is 39.6 Å². The van der Waals surface area contributed by atoms with Crippen LogP contribution >= 0.6 is 58.0 Å². The minimum atomic E-state index is -3.87. The highest BCUT2D eigenvalue weighted by Gasteiger charge is 2.18. The summed E-state index contributed by atoms with van der Waals surface area (Å²) in [5, 5.41) is 20.0. The summed E-state index contributed by atoms with van der Waals surface area (Å²) in [5.41, 5.74) is 12.2. The standard InChI is InChI=1S/C11H9Cl2NO2.2C8H14ClN5.2C8H10N2O4S.C4H6ClNO3S.H3N/c12-6-1-2-7-16-11(15)14-10-5-3-4-9(13)8-10;2*1-4-10-7-12-6(9)13-8(14-7)11-5(2)3;2*1-14-8(11)10-15(12,13)7-4-2-6(9)3-5-7;5-3-1-2-4-9-10(6,7)8;/h3-5,8H,6-7H2,(H,14,15);2*5H,4H2,1-3H3,(H2,10,11,12,13,14);2*2-5H,9H2,1H3,(H,10,11);3-4H2,(H2,6,7,8);1H3. The predicted molar refractivity (Wildman–Crippen MR) is 330 cm³/mol. The molecule has 0 spiro atoms. The number of alkyl halides is 2. The van der Waals surface area contributed by atoms with Crippen LogP contribution in [0.4, 0.5) is 55.2 Å². The van der Waals surface area contributed by atoms with Crippen LogP contribution in [-0.4, -0.2) is 138 Å². The number of halogens is 5. The lowest BCUT2D eigenvalue weighted by Gasteiger charge is -2.09. The van der Waals surface area contributed by atoms with Gasteiger partial charge in [-0.05, 0) is 131 Å². The number of carbonyl (C=O) groups is 3. The van der Waals surface area contributed by atoms with Gasteiger partial charge in [0.2, 0.25) is 34.4 Å². The van der Waals surface area contributed by atoms with Gasteiger partial charge in [-0.1, -0.05) is 41.3 Å². The normalized spacial score (nSPS) is 10.1. The number of nitrogens with zero attached hydrogens (tertiary/aromatic N) is 6. The van der Waals surface area contributed by atoms with Crippen molar-refractivity contribution in [1.29, 1.82) is 0 Å². The molecule has 16 N–H and O–H groups in total. The van der Waals surface area contributed by atoms with Gasteiger partial charge in [-0.25, -0.2) is 50.0 Å². The third-order valence-corrected chi connectivity index (χ3v) is 11.9. The van der Waals surface area contributed by atoms with Crippen LogP contribution in [0.2, 0.25) is 15.6 Å². The summed E-state index contributed by atoms with van der Waals surface area (Å²) in [6, 6.07) is 18.2. The van der Waals surface area contributed by atoms with E-state index in [-0.39, 0.29) is 63.6 Å². The second-order valence-corrected chi connectivity index (χ2v) is 21.7. The van der Waals surface area contributed by atoms with Gasteiger partial charge in [0.05, 0.1) is 35.8 Å². The Hall–Kier alpha value is -7.41. The Morgan fingerprint density at radius 2 is 0.965 bits per heavy atom. The van der Waals surface area contributed by atoms with Crippen molar-refractivity contribution in [2.45, 2.75) is 63.4 Å². The molecule has 0 atom stereocenters. The van der Waals surface area contributed by atoms with Crippen LogP contribution in [0.5, 0.6) is 0 Å². The lowest BCUT2D eigenvalue weighted by Crippen LogP contribution is -2.30. The zero-order chi connectivity index (χ0) is 63.9. The van der Waals surface area contributed by atoms with Crippen LogP contribution in [0.25, 0.3) is 0 Å². The number of sulfonamides is 2. The number of amides is 3. The van der Waals surface area contributed by atoms with Crippen LogP contribution in [0.3, 0.4) is 0 Å². The summed E-state index contributed by atoms with van der Waals surface area (Å²) in [4.78, 5) is 56.6. The summed E-state index contributed by atoms with van der Waals surface area (Å²) in [7, 11) is -9.43. The quantitative estimate of drug-likeness (QED) is 0.0206. The fraction of sp³-hybridized carbons (Fsp3) is 0.340. The number of nitrogens with one attached hydrogen (secondary N) is 7. The van der Waals surface area contributed by atoms with E-state index in [1.165, 1.54) is 48.5 Å². The van der Waals surface area contributed by atoms with Crippen molar-refractivity contribution >= 4 is 147 Å². The van der Waals surface area contributed by atoms with Crippen LogP contribution in [0, 0.1) is 23.7 Å². The maximum atomic E-state index is 11.5. The van der Waals surface area contributed by atoms with Crippen molar-refractivity contribution in [2.24, 2.45) is 5.14 Å². The smallest absolute Gasteiger partial charge is 0.420 e. The Kier molecular flexibility index (Phi) is 40.5. The van der Waals surface area contributed by atoms with E-state index in [0.717, 1.165) is 27.3 Å². The first kappa shape index (κ1) is 79.7. The Morgan fingerprint density at radius 1 is 0.576 bits per heavy atom. The molecule has 5 aromatic rings. The Balaban J connectivity index is 0. The number of hydrogen-bond donors (Lipinski definition) is 11. The summed E-state index contributed by atoms with van der Waals surface area (Å²) < 4.78 is 86.5. The molecule has 3 amide bonds. The Labute approximate surface area is 518 Å². The molecular weight excluding hydrogens is 1280 g/mol. The van der Waals surface area contributed by atoms with E-state index in [4.69, 9.17) is 74.2 Å². The van der Waals surface area contributed by atoms with Crippen LogP contribution in [-0.2, 0) is 48.7 Å². The molecule has 0 bridgehead atoms. The molecule has 0 unspecified atom stereocenters. The zero-order valence-corrected chi connectivity index (χ0v) is 53.1. The minimum Gasteiger partial charge on any atom is -0.452 e. The Bertz CT molecular complexity index is 3160. The topological polar surface area (TPSA) is 465 Å². The highest BCUT2D eigenvalue weighted by molar-refractivity contribution is 7.90. The largest absolute Gasteiger partial charge is 0.452 e. The van der Waals surface area contributed by atoms with Gasteiger partial charge in [0.1, 0.15) is 6.61 Å². The first-order chi connectivity index (χ1) is 39.4. The van der Waals surface area contributed by atoms with E-state index in [1.54, 1.807) is 33.7 Å². The van der Waals surface area contributed by atoms with Crippen molar-refractivity contribution in [3.63, 3.8) is 0 Å². The van der Waals surface area contributed by atoms with Crippen LogP contribution < -0.4 is 58.8 Å². The number of benzene rings is 3. The maximum Gasteiger partial charge on any atom is 0.420 e. The van der Waals surface area contributed by atoms with E-state index in [0.29, 0.717) is 45.9 Å². The average Bonchev–Trinajstić information content (AvgIpc) is 3.59. The van der Waals surface area contributed by atoms with Gasteiger partial charge in [-0.15, -0.1) is 23.2 Å². The molecule has 38 heteroatoms. The van der Waals surface area contributed by atoms with Gasteiger partial charge >= 0.3 is 28.6 Å². The van der Waals surface area contributed by atoms with Crippen molar-refractivity contribution < 1.29 is 58.0 Å². The van der Waals surface area contributed by atoms with E-state index in [2.05, 4.69) is 99.0 Å². The molecule has 0 aliphatic rings. The molecule has 2 heterocycles. The number of methoxy groups -OCH3 is 2. The van der Waals surface area contributed by atoms with E-state index < -0.39 is 48.6 Å². The van der Waals surface area contributed by atoms with Gasteiger partial charge in [-0.2, -0.15) is 38.3 Å². The molecule has 0 radical (unpaired) electrons. The minimum absolute atomic E-state index is 0. The van der Waals surface area contributed by atoms with Gasteiger partial charge in [0, 0.05) is 47.3 Å². The third-order valence-electron chi connectivity index (χ3n) is 7.93. The molecule has 85 heavy (non-hydrogen) atoms. The number of nitrogen functional groups attached to an aromatic ring is 2. The van der Waals surface area contributed by atoms with Gasteiger partial charge in [0.25, 0.3) is 20.0 Å². The summed E-state index contributed by atoms with van der Waals surface area (Å²) in [5.74, 6) is 12.2. The van der Waals surface area contributed by atoms with Crippen molar-refractivity contribution in [1.82, 2.24) is 45.5 Å². The number of rotatable bonds is 16. The molecule has 30 nitrogen and oxygen atoms in total. The van der Waals surface area contributed by atoms with E-state index in [1.807, 2.05) is 41.5 Å². The highest BCUT2D eigenvalue weighted by atomic mass is 35.5. The van der Waals surface area contributed by atoms with Crippen LogP contribution in [0.1, 0.15) is 41.5 Å². The average molecular weight is 1350 g/mol. The molecule has 470 valence electrons. The monoisotopic (exact) mass is 1350 g/mol.